The smallest absolute Gasteiger partial charge is 0.404 e. The van der Waals surface area contributed by atoms with Gasteiger partial charge < -0.3 is 10.4 Å². The van der Waals surface area contributed by atoms with Crippen molar-refractivity contribution >= 4 is 27.7 Å². The van der Waals surface area contributed by atoms with Gasteiger partial charge in [-0.05, 0) is 42.2 Å². The Bertz CT molecular complexity index is 1300. The van der Waals surface area contributed by atoms with E-state index in [1.165, 1.54) is 30.5 Å². The van der Waals surface area contributed by atoms with Crippen molar-refractivity contribution in [1.82, 2.24) is 14.3 Å². The monoisotopic (exact) mass is 497 g/mol. The number of benzene rings is 1. The average molecular weight is 498 g/mol. The zero-order chi connectivity index (χ0) is 24.6. The molecule has 7 nitrogen and oxygen atoms in total. The second-order valence-corrected chi connectivity index (χ2v) is 10.7. The molecule has 0 aliphatic heterocycles. The number of carboxylic acid groups (broad SMARTS) is 1. The van der Waals surface area contributed by atoms with Gasteiger partial charge in [0.1, 0.15) is 16.7 Å². The highest BCUT2D eigenvalue weighted by Gasteiger charge is 2.32. The second kappa shape index (κ2) is 9.11. The minimum Gasteiger partial charge on any atom is -0.465 e. The van der Waals surface area contributed by atoms with E-state index in [-0.39, 0.29) is 33.3 Å². The molecule has 33 heavy (non-hydrogen) atoms. The largest absolute Gasteiger partial charge is 0.465 e. The average Bonchev–Trinajstić information content (AvgIpc) is 3.04. The molecule has 2 N–H and O–H groups in total. The lowest BCUT2D eigenvalue weighted by Gasteiger charge is -2.30. The molecule has 3 aromatic rings. The van der Waals surface area contributed by atoms with Gasteiger partial charge in [0.2, 0.25) is 0 Å². The van der Waals surface area contributed by atoms with Crippen molar-refractivity contribution in [3.8, 4) is 11.3 Å². The van der Waals surface area contributed by atoms with Gasteiger partial charge in [-0.2, -0.15) is 0 Å². The number of rotatable bonds is 6. The van der Waals surface area contributed by atoms with E-state index < -0.39 is 39.2 Å². The molecule has 0 aliphatic carbocycles. The lowest BCUT2D eigenvalue weighted by molar-refractivity contribution is 0.174. The molecular weight excluding hydrogens is 476 g/mol. The Labute approximate surface area is 195 Å². The minimum absolute atomic E-state index is 0.0152. The summed E-state index contributed by atoms with van der Waals surface area (Å²) in [5.74, 6) is -1.67. The van der Waals surface area contributed by atoms with Gasteiger partial charge in [0.15, 0.2) is 5.82 Å². The Balaban J connectivity index is 2.25. The van der Waals surface area contributed by atoms with E-state index in [9.17, 15) is 22.7 Å². The summed E-state index contributed by atoms with van der Waals surface area (Å²) in [5.41, 5.74) is -1.03. The van der Waals surface area contributed by atoms with Crippen LogP contribution in [-0.2, 0) is 16.4 Å². The third-order valence-electron chi connectivity index (χ3n) is 5.12. The van der Waals surface area contributed by atoms with Crippen LogP contribution in [0.15, 0.2) is 53.7 Å². The molecule has 1 aromatic carbocycles. The number of hydrogen-bond donors (Lipinski definition) is 2. The van der Waals surface area contributed by atoms with Gasteiger partial charge in [-0.1, -0.05) is 38.4 Å². The topological polar surface area (TPSA) is 101 Å². The number of amides is 1. The molecule has 0 saturated heterocycles. The predicted molar refractivity (Wildman–Crippen MR) is 120 cm³/mol. The van der Waals surface area contributed by atoms with Crippen LogP contribution in [-0.4, -0.2) is 34.6 Å². The fourth-order valence-electron chi connectivity index (χ4n) is 3.33. The third-order valence-corrected chi connectivity index (χ3v) is 7.07. The molecule has 3 rings (SSSR count). The van der Waals surface area contributed by atoms with Crippen molar-refractivity contribution in [2.75, 3.05) is 0 Å². The molecule has 0 aliphatic rings. The molecule has 0 fully saturated rings. The summed E-state index contributed by atoms with van der Waals surface area (Å²) in [6.07, 6.45) is 0.998. The van der Waals surface area contributed by atoms with Crippen LogP contribution in [0.1, 0.15) is 26.3 Å². The van der Waals surface area contributed by atoms with Crippen LogP contribution < -0.4 is 5.32 Å². The Morgan fingerprint density at radius 2 is 1.94 bits per heavy atom. The van der Waals surface area contributed by atoms with Crippen LogP contribution in [0.2, 0.25) is 5.15 Å². The summed E-state index contributed by atoms with van der Waals surface area (Å²) in [6.45, 7) is 5.31. The van der Waals surface area contributed by atoms with E-state index in [2.05, 4.69) is 10.3 Å². The number of nitrogens with one attached hydrogen (secondary N) is 1. The molecule has 176 valence electrons. The van der Waals surface area contributed by atoms with Gasteiger partial charge in [0.05, 0.1) is 4.90 Å². The van der Waals surface area contributed by atoms with Crippen LogP contribution in [0.3, 0.4) is 0 Å². The van der Waals surface area contributed by atoms with Crippen molar-refractivity contribution < 1.29 is 27.1 Å². The van der Waals surface area contributed by atoms with Crippen molar-refractivity contribution in [3.63, 3.8) is 0 Å². The quantitative estimate of drug-likeness (QED) is 0.469. The summed E-state index contributed by atoms with van der Waals surface area (Å²) in [4.78, 5) is 14.8. The normalized spacial score (nSPS) is 13.0. The molecule has 1 amide bonds. The van der Waals surface area contributed by atoms with E-state index in [4.69, 9.17) is 11.6 Å². The van der Waals surface area contributed by atoms with Crippen LogP contribution in [0.4, 0.5) is 13.6 Å². The number of hydrogen-bond acceptors (Lipinski definition) is 4. The summed E-state index contributed by atoms with van der Waals surface area (Å²) in [5, 5.41) is 11.4. The molecule has 2 aromatic heterocycles. The van der Waals surface area contributed by atoms with E-state index in [1.54, 1.807) is 20.8 Å². The highest BCUT2D eigenvalue weighted by atomic mass is 35.5. The van der Waals surface area contributed by atoms with Crippen LogP contribution in [0.25, 0.3) is 11.3 Å². The standard InChI is InChI=1S/C22H22ClF2N3O4S/c1-22(2,3)17(27-21(29)30)10-13-12-28(33(31,32)15-7-4-6-14(24)11-15)19(18(13)25)16-8-5-9-26-20(16)23/h4-9,11-12,17,27H,10H2,1-3H3,(H,29,30). The molecule has 0 radical (unpaired) electrons. The summed E-state index contributed by atoms with van der Waals surface area (Å²) < 4.78 is 57.0. The maximum Gasteiger partial charge on any atom is 0.404 e. The van der Waals surface area contributed by atoms with Gasteiger partial charge in [-0.15, -0.1) is 0 Å². The predicted octanol–water partition coefficient (Wildman–Crippen LogP) is 4.94. The highest BCUT2D eigenvalue weighted by Crippen LogP contribution is 2.35. The first-order chi connectivity index (χ1) is 15.3. The molecular formula is C22H22ClF2N3O4S. The lowest BCUT2D eigenvalue weighted by atomic mass is 9.83. The van der Waals surface area contributed by atoms with Gasteiger partial charge in [0.25, 0.3) is 10.0 Å². The zero-order valence-corrected chi connectivity index (χ0v) is 19.6. The molecule has 2 heterocycles. The zero-order valence-electron chi connectivity index (χ0n) is 18.0. The van der Waals surface area contributed by atoms with Gasteiger partial charge in [-0.3, -0.25) is 0 Å². The van der Waals surface area contributed by atoms with Crippen LogP contribution >= 0.6 is 11.6 Å². The molecule has 0 spiro atoms. The van der Waals surface area contributed by atoms with E-state index >= 15 is 4.39 Å². The van der Waals surface area contributed by atoms with E-state index in [0.29, 0.717) is 3.97 Å². The van der Waals surface area contributed by atoms with Crippen LogP contribution in [0, 0.1) is 17.0 Å². The van der Waals surface area contributed by atoms with Gasteiger partial charge in [-0.25, -0.2) is 30.9 Å². The molecule has 1 atom stereocenters. The van der Waals surface area contributed by atoms with Gasteiger partial charge >= 0.3 is 6.09 Å². The fourth-order valence-corrected chi connectivity index (χ4v) is 4.96. The maximum absolute atomic E-state index is 15.7. The summed E-state index contributed by atoms with van der Waals surface area (Å²) in [7, 11) is -4.44. The first-order valence-corrected chi connectivity index (χ1v) is 11.7. The molecule has 11 heteroatoms. The van der Waals surface area contributed by atoms with Crippen LogP contribution in [0.5, 0.6) is 0 Å². The SMILES string of the molecule is CC(C)(C)C(Cc1cn(S(=O)(=O)c2cccc(F)c2)c(-c2cccnc2Cl)c1F)NC(=O)O. The Morgan fingerprint density at radius 1 is 1.24 bits per heavy atom. The second-order valence-electron chi connectivity index (χ2n) is 8.49. The fraction of sp³-hybridized carbons (Fsp3) is 0.273. The minimum atomic E-state index is -4.44. The highest BCUT2D eigenvalue weighted by molar-refractivity contribution is 7.90. The summed E-state index contributed by atoms with van der Waals surface area (Å²) in [6, 6.07) is 6.47. The first-order valence-electron chi connectivity index (χ1n) is 9.83. The van der Waals surface area contributed by atoms with E-state index in [0.717, 1.165) is 18.3 Å². The number of halogens is 3. The number of nitrogens with zero attached hydrogens (tertiary/aromatic N) is 2. The first kappa shape index (κ1) is 24.7. The van der Waals surface area contributed by atoms with Crippen molar-refractivity contribution in [2.24, 2.45) is 5.41 Å². The Kier molecular flexibility index (Phi) is 6.80. The molecule has 0 bridgehead atoms. The Morgan fingerprint density at radius 3 is 2.52 bits per heavy atom. The third kappa shape index (κ3) is 5.17. The number of aromatic nitrogens is 2. The molecule has 0 saturated carbocycles. The number of carbonyl (C=O) groups is 1. The maximum atomic E-state index is 15.7. The van der Waals surface area contributed by atoms with Crippen molar-refractivity contribution in [1.29, 1.82) is 0 Å². The lowest BCUT2D eigenvalue weighted by Crippen LogP contribution is -2.44. The van der Waals surface area contributed by atoms with Gasteiger partial charge in [0, 0.05) is 29.6 Å². The number of pyridine rings is 1. The molecule has 1 unspecified atom stereocenters. The summed E-state index contributed by atoms with van der Waals surface area (Å²) >= 11 is 6.14. The van der Waals surface area contributed by atoms with Crippen molar-refractivity contribution in [2.45, 2.75) is 38.1 Å². The Hall–Kier alpha value is -2.98. The van der Waals surface area contributed by atoms with Crippen molar-refractivity contribution in [3.05, 3.63) is 71.1 Å². The van der Waals surface area contributed by atoms with E-state index in [1.807, 2.05) is 0 Å².